The second kappa shape index (κ2) is 5.13. The van der Waals surface area contributed by atoms with Crippen LogP contribution in [0.25, 0.3) is 11.1 Å². The Labute approximate surface area is 130 Å². The van der Waals surface area contributed by atoms with Gasteiger partial charge < -0.3 is 10.1 Å². The van der Waals surface area contributed by atoms with Crippen LogP contribution in [-0.4, -0.2) is 30.2 Å². The summed E-state index contributed by atoms with van der Waals surface area (Å²) in [6, 6.07) is 11.6. The number of nitrogens with zero attached hydrogens (tertiary/aromatic N) is 2. The SMILES string of the molecule is CNC1=NC2(CCc3cc(-c4ccncc4)ccc3C2)CO1. The van der Waals surface area contributed by atoms with Crippen molar-refractivity contribution in [2.75, 3.05) is 13.7 Å². The van der Waals surface area contributed by atoms with Crippen molar-refractivity contribution in [3.8, 4) is 11.1 Å². The van der Waals surface area contributed by atoms with Crippen molar-refractivity contribution in [1.29, 1.82) is 0 Å². The standard InChI is InChI=1S/C18H19N3O/c1-19-17-21-18(12-22-17)7-4-15-10-14(2-3-16(15)11-18)13-5-8-20-9-6-13/h2-3,5-6,8-10H,4,7,11-12H2,1H3,(H,19,21). The number of aryl methyl sites for hydroxylation is 1. The monoisotopic (exact) mass is 293 g/mol. The lowest BCUT2D eigenvalue weighted by molar-refractivity contribution is 0.232. The van der Waals surface area contributed by atoms with Gasteiger partial charge in [-0.15, -0.1) is 0 Å². The van der Waals surface area contributed by atoms with Gasteiger partial charge in [0.15, 0.2) is 0 Å². The molecule has 0 radical (unpaired) electrons. The fourth-order valence-corrected chi connectivity index (χ4v) is 3.39. The van der Waals surface area contributed by atoms with Gasteiger partial charge in [0.1, 0.15) is 12.1 Å². The van der Waals surface area contributed by atoms with E-state index in [1.807, 2.05) is 19.4 Å². The van der Waals surface area contributed by atoms with Gasteiger partial charge in [0.2, 0.25) is 0 Å². The molecular weight excluding hydrogens is 274 g/mol. The Morgan fingerprint density at radius 2 is 1.95 bits per heavy atom. The molecule has 1 N–H and O–H groups in total. The number of nitrogens with one attached hydrogen (secondary N) is 1. The molecule has 22 heavy (non-hydrogen) atoms. The highest BCUT2D eigenvalue weighted by Gasteiger charge is 2.39. The van der Waals surface area contributed by atoms with E-state index in [1.54, 1.807) is 0 Å². The summed E-state index contributed by atoms with van der Waals surface area (Å²) in [6.45, 7) is 0.689. The minimum Gasteiger partial charge on any atom is -0.463 e. The molecule has 1 atom stereocenters. The van der Waals surface area contributed by atoms with Gasteiger partial charge in [-0.1, -0.05) is 18.2 Å². The first-order valence-electron chi connectivity index (χ1n) is 7.71. The van der Waals surface area contributed by atoms with E-state index in [0.717, 1.165) is 19.3 Å². The molecule has 1 aromatic heterocycles. The highest BCUT2D eigenvalue weighted by Crippen LogP contribution is 2.36. The van der Waals surface area contributed by atoms with Gasteiger partial charge in [0.05, 0.1) is 0 Å². The number of hydrogen-bond donors (Lipinski definition) is 1. The minimum atomic E-state index is -0.0659. The largest absolute Gasteiger partial charge is 0.463 e. The van der Waals surface area contributed by atoms with Crippen molar-refractivity contribution < 1.29 is 4.74 Å². The Morgan fingerprint density at radius 1 is 1.09 bits per heavy atom. The first-order chi connectivity index (χ1) is 10.8. The summed E-state index contributed by atoms with van der Waals surface area (Å²) < 4.78 is 5.64. The highest BCUT2D eigenvalue weighted by atomic mass is 16.5. The van der Waals surface area contributed by atoms with Crippen LogP contribution < -0.4 is 5.32 Å². The van der Waals surface area contributed by atoms with E-state index in [0.29, 0.717) is 12.6 Å². The number of benzene rings is 1. The maximum atomic E-state index is 5.64. The fourth-order valence-electron chi connectivity index (χ4n) is 3.39. The number of aliphatic imine (C=N–C) groups is 1. The average Bonchev–Trinajstić information content (AvgIpc) is 2.98. The molecule has 1 unspecified atom stereocenters. The smallest absolute Gasteiger partial charge is 0.285 e. The van der Waals surface area contributed by atoms with Crippen molar-refractivity contribution in [1.82, 2.24) is 10.3 Å². The summed E-state index contributed by atoms with van der Waals surface area (Å²) in [5.74, 6) is 0. The Morgan fingerprint density at radius 3 is 2.73 bits per heavy atom. The lowest BCUT2D eigenvalue weighted by Gasteiger charge is -2.30. The van der Waals surface area contributed by atoms with Crippen LogP contribution in [-0.2, 0) is 17.6 Å². The lowest BCUT2D eigenvalue weighted by Crippen LogP contribution is -2.35. The Kier molecular flexibility index (Phi) is 3.10. The molecule has 0 amide bonds. The molecule has 0 saturated carbocycles. The highest BCUT2D eigenvalue weighted by molar-refractivity contribution is 5.75. The molecule has 1 aliphatic carbocycles. The zero-order chi connectivity index (χ0) is 15.0. The van der Waals surface area contributed by atoms with Gasteiger partial charge in [-0.2, -0.15) is 0 Å². The van der Waals surface area contributed by atoms with Crippen LogP contribution in [0.4, 0.5) is 0 Å². The quantitative estimate of drug-likeness (QED) is 0.879. The Bertz CT molecular complexity index is 726. The average molecular weight is 293 g/mol. The van der Waals surface area contributed by atoms with Crippen molar-refractivity contribution in [3.63, 3.8) is 0 Å². The van der Waals surface area contributed by atoms with Crippen LogP contribution in [0.3, 0.4) is 0 Å². The predicted octanol–water partition coefficient (Wildman–Crippen LogP) is 2.58. The van der Waals surface area contributed by atoms with E-state index in [2.05, 4.69) is 40.6 Å². The second-order valence-electron chi connectivity index (χ2n) is 6.08. The van der Waals surface area contributed by atoms with Gasteiger partial charge in [0.25, 0.3) is 6.02 Å². The van der Waals surface area contributed by atoms with Gasteiger partial charge in [-0.3, -0.25) is 4.98 Å². The predicted molar refractivity (Wildman–Crippen MR) is 86.9 cm³/mol. The van der Waals surface area contributed by atoms with E-state index >= 15 is 0 Å². The van der Waals surface area contributed by atoms with E-state index in [4.69, 9.17) is 9.73 Å². The number of rotatable bonds is 1. The van der Waals surface area contributed by atoms with Crippen LogP contribution in [0.1, 0.15) is 17.5 Å². The van der Waals surface area contributed by atoms with Crippen molar-refractivity contribution in [3.05, 3.63) is 53.9 Å². The van der Waals surface area contributed by atoms with E-state index in [1.165, 1.54) is 22.3 Å². The molecule has 1 aromatic carbocycles. The van der Waals surface area contributed by atoms with Crippen molar-refractivity contribution >= 4 is 6.02 Å². The molecule has 0 bridgehead atoms. The second-order valence-corrected chi connectivity index (χ2v) is 6.08. The number of fused-ring (bicyclic) bond motifs is 1. The summed E-state index contributed by atoms with van der Waals surface area (Å²) in [6.07, 6.45) is 6.74. The molecule has 1 spiro atoms. The van der Waals surface area contributed by atoms with Crippen molar-refractivity contribution in [2.45, 2.75) is 24.8 Å². The summed E-state index contributed by atoms with van der Waals surface area (Å²) in [5, 5.41) is 3.01. The van der Waals surface area contributed by atoms with Crippen LogP contribution in [0.5, 0.6) is 0 Å². The molecule has 2 aromatic rings. The third-order valence-corrected chi connectivity index (χ3v) is 4.63. The van der Waals surface area contributed by atoms with Gasteiger partial charge in [-0.05, 0) is 47.2 Å². The molecule has 2 aliphatic rings. The topological polar surface area (TPSA) is 46.5 Å². The molecule has 2 heterocycles. The van der Waals surface area contributed by atoms with Gasteiger partial charge in [-0.25, -0.2) is 4.99 Å². The van der Waals surface area contributed by atoms with E-state index in [9.17, 15) is 0 Å². The maximum absolute atomic E-state index is 5.64. The third-order valence-electron chi connectivity index (χ3n) is 4.63. The molecule has 1 aliphatic heterocycles. The molecule has 0 fully saturated rings. The molecule has 4 rings (SSSR count). The van der Waals surface area contributed by atoms with Crippen LogP contribution in [0.2, 0.25) is 0 Å². The Balaban J connectivity index is 1.64. The minimum absolute atomic E-state index is 0.0659. The molecule has 0 saturated heterocycles. The van der Waals surface area contributed by atoms with Gasteiger partial charge >= 0.3 is 0 Å². The zero-order valence-corrected chi connectivity index (χ0v) is 12.7. The summed E-state index contributed by atoms with van der Waals surface area (Å²) in [5.41, 5.74) is 5.25. The van der Waals surface area contributed by atoms with Crippen LogP contribution in [0, 0.1) is 0 Å². The number of pyridine rings is 1. The molecule has 4 heteroatoms. The first kappa shape index (κ1) is 13.3. The lowest BCUT2D eigenvalue weighted by atomic mass is 9.78. The number of ether oxygens (including phenoxy) is 1. The molecule has 112 valence electrons. The molecular formula is C18H19N3O. The van der Waals surface area contributed by atoms with Crippen LogP contribution in [0.15, 0.2) is 47.7 Å². The molecule has 4 nitrogen and oxygen atoms in total. The summed E-state index contributed by atoms with van der Waals surface area (Å²) in [4.78, 5) is 8.84. The number of aromatic nitrogens is 1. The zero-order valence-electron chi connectivity index (χ0n) is 12.7. The van der Waals surface area contributed by atoms with E-state index in [-0.39, 0.29) is 5.54 Å². The maximum Gasteiger partial charge on any atom is 0.285 e. The van der Waals surface area contributed by atoms with Gasteiger partial charge in [0, 0.05) is 25.9 Å². The normalized spacial score (nSPS) is 22.9. The number of hydrogen-bond acceptors (Lipinski definition) is 4. The van der Waals surface area contributed by atoms with E-state index < -0.39 is 0 Å². The van der Waals surface area contributed by atoms with Crippen molar-refractivity contribution in [2.24, 2.45) is 4.99 Å². The Hall–Kier alpha value is -2.36. The summed E-state index contributed by atoms with van der Waals surface area (Å²) in [7, 11) is 1.86. The third kappa shape index (κ3) is 2.25. The van der Waals surface area contributed by atoms with Crippen LogP contribution >= 0.6 is 0 Å². The number of amidine groups is 1. The fraction of sp³-hybridized carbons (Fsp3) is 0.333. The first-order valence-corrected chi connectivity index (χ1v) is 7.71. The summed E-state index contributed by atoms with van der Waals surface area (Å²) >= 11 is 0.